The number of carbonyl (C=O) groups excluding carboxylic acids is 1. The summed E-state index contributed by atoms with van der Waals surface area (Å²) in [6.45, 7) is 0. The number of ether oxygens (including phenoxy) is 1. The van der Waals surface area contributed by atoms with Crippen LogP contribution in [0.2, 0.25) is 5.15 Å². The van der Waals surface area contributed by atoms with E-state index in [1.807, 2.05) is 6.07 Å². The predicted octanol–water partition coefficient (Wildman–Crippen LogP) is 2.26. The van der Waals surface area contributed by atoms with Crippen molar-refractivity contribution >= 4 is 28.6 Å². The Morgan fingerprint density at radius 1 is 1.35 bits per heavy atom. The standard InChI is InChI=1S/C13H9ClN4O2/c1-20-13(19)8-3-2-4-9(5-8)18-12-10(6-17-18)11(14)15-7-16-12/h2-7H,1H3. The molecule has 2 aromatic heterocycles. The molecule has 0 fully saturated rings. The molecule has 0 saturated heterocycles. The minimum absolute atomic E-state index is 0.338. The number of nitrogens with zero attached hydrogens (tertiary/aromatic N) is 4. The number of hydrogen-bond acceptors (Lipinski definition) is 5. The van der Waals surface area contributed by atoms with Crippen LogP contribution in [0.4, 0.5) is 0 Å². The Morgan fingerprint density at radius 3 is 3.00 bits per heavy atom. The number of benzene rings is 1. The van der Waals surface area contributed by atoms with Crippen LogP contribution in [-0.4, -0.2) is 32.8 Å². The van der Waals surface area contributed by atoms with Gasteiger partial charge in [-0.05, 0) is 18.2 Å². The average molecular weight is 289 g/mol. The molecule has 0 atom stereocenters. The molecule has 0 spiro atoms. The molecule has 0 amide bonds. The van der Waals surface area contributed by atoms with Gasteiger partial charge in [-0.2, -0.15) is 5.10 Å². The van der Waals surface area contributed by atoms with Crippen molar-refractivity contribution in [3.05, 3.63) is 47.5 Å². The van der Waals surface area contributed by atoms with Gasteiger partial charge in [0.05, 0.1) is 29.9 Å². The lowest BCUT2D eigenvalue weighted by molar-refractivity contribution is 0.0600. The van der Waals surface area contributed by atoms with Crippen molar-refractivity contribution in [3.8, 4) is 5.69 Å². The number of aromatic nitrogens is 4. The summed E-state index contributed by atoms with van der Waals surface area (Å²) in [5.74, 6) is -0.407. The first-order valence-electron chi connectivity index (χ1n) is 5.73. The van der Waals surface area contributed by atoms with E-state index in [1.165, 1.54) is 13.4 Å². The van der Waals surface area contributed by atoms with Gasteiger partial charge in [-0.3, -0.25) is 0 Å². The molecule has 0 radical (unpaired) electrons. The van der Waals surface area contributed by atoms with Crippen molar-refractivity contribution in [2.24, 2.45) is 0 Å². The Kier molecular flexibility index (Phi) is 3.08. The van der Waals surface area contributed by atoms with E-state index in [9.17, 15) is 4.79 Å². The van der Waals surface area contributed by atoms with E-state index < -0.39 is 5.97 Å². The number of fused-ring (bicyclic) bond motifs is 1. The lowest BCUT2D eigenvalue weighted by Crippen LogP contribution is -2.04. The van der Waals surface area contributed by atoms with Crippen LogP contribution in [0.15, 0.2) is 36.8 Å². The monoisotopic (exact) mass is 288 g/mol. The molecule has 0 unspecified atom stereocenters. The molecule has 2 heterocycles. The summed E-state index contributed by atoms with van der Waals surface area (Å²) < 4.78 is 6.29. The van der Waals surface area contributed by atoms with Gasteiger partial charge in [-0.25, -0.2) is 19.4 Å². The van der Waals surface area contributed by atoms with Crippen molar-refractivity contribution in [2.75, 3.05) is 7.11 Å². The number of carbonyl (C=O) groups is 1. The van der Waals surface area contributed by atoms with Crippen molar-refractivity contribution in [1.82, 2.24) is 19.7 Å². The normalized spacial score (nSPS) is 10.7. The van der Waals surface area contributed by atoms with Crippen molar-refractivity contribution in [3.63, 3.8) is 0 Å². The zero-order valence-corrected chi connectivity index (χ0v) is 11.2. The quantitative estimate of drug-likeness (QED) is 0.534. The molecule has 1 aromatic carbocycles. The average Bonchev–Trinajstić information content (AvgIpc) is 2.92. The van der Waals surface area contributed by atoms with Crippen molar-refractivity contribution < 1.29 is 9.53 Å². The second-order valence-corrected chi connectivity index (χ2v) is 4.36. The van der Waals surface area contributed by atoms with Crippen LogP contribution in [-0.2, 0) is 4.74 Å². The first-order valence-corrected chi connectivity index (χ1v) is 6.11. The molecule has 0 aliphatic rings. The minimum atomic E-state index is -0.407. The van der Waals surface area contributed by atoms with E-state index in [1.54, 1.807) is 29.1 Å². The van der Waals surface area contributed by atoms with E-state index in [0.717, 1.165) is 0 Å². The first kappa shape index (κ1) is 12.6. The number of methoxy groups -OCH3 is 1. The number of rotatable bonds is 2. The van der Waals surface area contributed by atoms with Gasteiger partial charge in [-0.1, -0.05) is 17.7 Å². The third kappa shape index (κ3) is 2.00. The summed E-state index contributed by atoms with van der Waals surface area (Å²) in [6.07, 6.45) is 2.95. The van der Waals surface area contributed by atoms with Gasteiger partial charge < -0.3 is 4.74 Å². The lowest BCUT2D eigenvalue weighted by Gasteiger charge is -2.05. The fourth-order valence-corrected chi connectivity index (χ4v) is 2.06. The van der Waals surface area contributed by atoms with Gasteiger partial charge in [0.1, 0.15) is 11.5 Å². The third-order valence-electron chi connectivity index (χ3n) is 2.83. The molecule has 0 saturated carbocycles. The van der Waals surface area contributed by atoms with Gasteiger partial charge in [0.2, 0.25) is 0 Å². The van der Waals surface area contributed by atoms with Crippen LogP contribution < -0.4 is 0 Å². The molecule has 3 rings (SSSR count). The zero-order valence-electron chi connectivity index (χ0n) is 10.4. The largest absolute Gasteiger partial charge is 0.465 e. The Bertz CT molecular complexity index is 800. The first-order chi connectivity index (χ1) is 9.70. The summed E-state index contributed by atoms with van der Waals surface area (Å²) in [5.41, 5.74) is 1.71. The van der Waals surface area contributed by atoms with E-state index in [4.69, 9.17) is 16.3 Å². The van der Waals surface area contributed by atoms with Gasteiger partial charge in [0.25, 0.3) is 0 Å². The third-order valence-corrected chi connectivity index (χ3v) is 3.13. The van der Waals surface area contributed by atoms with E-state index in [0.29, 0.717) is 27.4 Å². The fourth-order valence-electron chi connectivity index (χ4n) is 1.89. The number of halogens is 1. The smallest absolute Gasteiger partial charge is 0.337 e. The topological polar surface area (TPSA) is 69.9 Å². The Morgan fingerprint density at radius 2 is 2.20 bits per heavy atom. The van der Waals surface area contributed by atoms with Crippen LogP contribution >= 0.6 is 11.6 Å². The molecule has 7 heteroatoms. The molecule has 0 bridgehead atoms. The SMILES string of the molecule is COC(=O)c1cccc(-n2ncc3c(Cl)ncnc32)c1. The second-order valence-electron chi connectivity index (χ2n) is 4.00. The van der Waals surface area contributed by atoms with Gasteiger partial charge in [0, 0.05) is 0 Å². The highest BCUT2D eigenvalue weighted by molar-refractivity contribution is 6.33. The Hall–Kier alpha value is -2.47. The highest BCUT2D eigenvalue weighted by atomic mass is 35.5. The fraction of sp³-hybridized carbons (Fsp3) is 0.0769. The molecule has 0 aliphatic heterocycles. The number of esters is 1. The summed E-state index contributed by atoms with van der Waals surface area (Å²) in [5, 5.41) is 5.22. The van der Waals surface area contributed by atoms with Crippen molar-refractivity contribution in [1.29, 1.82) is 0 Å². The van der Waals surface area contributed by atoms with E-state index in [2.05, 4.69) is 15.1 Å². The molecule has 0 N–H and O–H groups in total. The molecule has 3 aromatic rings. The lowest BCUT2D eigenvalue weighted by atomic mass is 10.2. The predicted molar refractivity (Wildman–Crippen MR) is 73.0 cm³/mol. The molecule has 20 heavy (non-hydrogen) atoms. The summed E-state index contributed by atoms with van der Waals surface area (Å²) in [4.78, 5) is 19.6. The Labute approximate surface area is 119 Å². The summed E-state index contributed by atoms with van der Waals surface area (Å²) in [6, 6.07) is 6.91. The van der Waals surface area contributed by atoms with Crippen LogP contribution in [0.1, 0.15) is 10.4 Å². The molecular formula is C13H9ClN4O2. The molecule has 6 nitrogen and oxygen atoms in total. The zero-order chi connectivity index (χ0) is 14.1. The molecule has 100 valence electrons. The van der Waals surface area contributed by atoms with E-state index >= 15 is 0 Å². The Balaban J connectivity index is 2.16. The maximum Gasteiger partial charge on any atom is 0.337 e. The van der Waals surface area contributed by atoms with Gasteiger partial charge in [-0.15, -0.1) is 0 Å². The van der Waals surface area contributed by atoms with Gasteiger partial charge >= 0.3 is 5.97 Å². The maximum atomic E-state index is 11.6. The van der Waals surface area contributed by atoms with Crippen LogP contribution in [0, 0.1) is 0 Å². The van der Waals surface area contributed by atoms with Crippen LogP contribution in [0.25, 0.3) is 16.7 Å². The van der Waals surface area contributed by atoms with Crippen LogP contribution in [0.5, 0.6) is 0 Å². The highest BCUT2D eigenvalue weighted by Crippen LogP contribution is 2.21. The van der Waals surface area contributed by atoms with Gasteiger partial charge in [0.15, 0.2) is 5.65 Å². The summed E-state index contributed by atoms with van der Waals surface area (Å²) >= 11 is 5.98. The second kappa shape index (κ2) is 4.90. The minimum Gasteiger partial charge on any atom is -0.465 e. The highest BCUT2D eigenvalue weighted by Gasteiger charge is 2.12. The van der Waals surface area contributed by atoms with E-state index in [-0.39, 0.29) is 0 Å². The summed E-state index contributed by atoms with van der Waals surface area (Å²) in [7, 11) is 1.34. The van der Waals surface area contributed by atoms with Crippen molar-refractivity contribution in [2.45, 2.75) is 0 Å². The molecular weight excluding hydrogens is 280 g/mol. The number of hydrogen-bond donors (Lipinski definition) is 0. The maximum absolute atomic E-state index is 11.6. The van der Waals surface area contributed by atoms with Crippen LogP contribution in [0.3, 0.4) is 0 Å². The molecule has 0 aliphatic carbocycles.